The molecule has 0 fully saturated rings. The second-order valence-electron chi connectivity index (χ2n) is 13.3. The number of phenols is 1. The summed E-state index contributed by atoms with van der Waals surface area (Å²) in [6.07, 6.45) is 7.46. The van der Waals surface area contributed by atoms with E-state index in [1.54, 1.807) is 52.0 Å². The summed E-state index contributed by atoms with van der Waals surface area (Å²) < 4.78 is 21.1. The molecule has 6 heterocycles. The van der Waals surface area contributed by atoms with E-state index in [4.69, 9.17) is 37.4 Å². The predicted molar refractivity (Wildman–Crippen MR) is 221 cm³/mol. The zero-order chi connectivity index (χ0) is 39.9. The van der Waals surface area contributed by atoms with Gasteiger partial charge >= 0.3 is 0 Å². The Morgan fingerprint density at radius 3 is 1.61 bits per heavy atom. The molecule has 6 aromatic heterocycles. The van der Waals surface area contributed by atoms with Crippen LogP contribution in [-0.4, -0.2) is 76.8 Å². The monoisotopic (exact) mass is 803 g/mol. The molecule has 0 spiro atoms. The maximum Gasteiger partial charge on any atom is 0.133 e. The van der Waals surface area contributed by atoms with Crippen LogP contribution in [0.4, 0.5) is 0 Å². The van der Waals surface area contributed by atoms with E-state index in [0.717, 1.165) is 73.8 Å². The number of halogens is 2. The van der Waals surface area contributed by atoms with Crippen molar-refractivity contribution >= 4 is 45.3 Å². The van der Waals surface area contributed by atoms with Gasteiger partial charge in [-0.2, -0.15) is 10.2 Å². The van der Waals surface area contributed by atoms with Gasteiger partial charge in [-0.05, 0) is 74.8 Å². The minimum atomic E-state index is 0.158. The van der Waals surface area contributed by atoms with Crippen LogP contribution in [0.3, 0.4) is 0 Å². The highest BCUT2D eigenvalue weighted by molar-refractivity contribution is 6.30. The van der Waals surface area contributed by atoms with Crippen LogP contribution < -0.4 is 14.2 Å². The van der Waals surface area contributed by atoms with Crippen molar-refractivity contribution in [1.29, 1.82) is 0 Å². The third kappa shape index (κ3) is 10.1. The van der Waals surface area contributed by atoms with E-state index >= 15 is 0 Å². The molecule has 290 valence electrons. The van der Waals surface area contributed by atoms with Gasteiger partial charge < -0.3 is 24.2 Å². The van der Waals surface area contributed by atoms with E-state index in [1.807, 2.05) is 95.3 Å². The average Bonchev–Trinajstić information content (AvgIpc) is 3.77. The number of pyridine rings is 4. The summed E-state index contributed by atoms with van der Waals surface area (Å²) in [7, 11) is 7.77. The fraction of sp³-hybridized carbons (Fsp3) is 0.190. The zero-order valence-electron chi connectivity index (χ0n) is 31.7. The SMILES string of the molecule is CN(C)CCOc1cccc(OCc2nn(C)cc2-c2cnc3ccc(Cl)nc3c2)c1.Cn1cc(-c2cnc3ccc(Cl)nc3c2)c(COc2cccc(O)c2)n1. The van der Waals surface area contributed by atoms with Crippen molar-refractivity contribution in [2.24, 2.45) is 14.1 Å². The van der Waals surface area contributed by atoms with Crippen molar-refractivity contribution in [3.8, 4) is 45.3 Å². The van der Waals surface area contributed by atoms with Crippen molar-refractivity contribution in [2.75, 3.05) is 27.2 Å². The van der Waals surface area contributed by atoms with Crippen LogP contribution in [-0.2, 0) is 27.3 Å². The summed E-state index contributed by atoms with van der Waals surface area (Å²) in [5.74, 6) is 2.24. The molecule has 57 heavy (non-hydrogen) atoms. The number of hydrogen-bond donors (Lipinski definition) is 1. The largest absolute Gasteiger partial charge is 0.508 e. The Morgan fingerprint density at radius 1 is 0.614 bits per heavy atom. The van der Waals surface area contributed by atoms with E-state index in [2.05, 4.69) is 35.0 Å². The van der Waals surface area contributed by atoms with Crippen LogP contribution in [0.5, 0.6) is 23.0 Å². The lowest BCUT2D eigenvalue weighted by atomic mass is 10.1. The third-order valence-electron chi connectivity index (χ3n) is 8.62. The van der Waals surface area contributed by atoms with Gasteiger partial charge in [0.25, 0.3) is 0 Å². The van der Waals surface area contributed by atoms with Gasteiger partial charge in [0, 0.05) is 79.8 Å². The molecule has 0 amide bonds. The van der Waals surface area contributed by atoms with Gasteiger partial charge in [0.2, 0.25) is 0 Å². The molecule has 0 atom stereocenters. The Labute approximate surface area is 339 Å². The van der Waals surface area contributed by atoms with Gasteiger partial charge in [-0.1, -0.05) is 35.3 Å². The first kappa shape index (κ1) is 39.0. The fourth-order valence-electron chi connectivity index (χ4n) is 5.90. The van der Waals surface area contributed by atoms with Gasteiger partial charge in [0.15, 0.2) is 0 Å². The number of ether oxygens (including phenoxy) is 3. The summed E-state index contributed by atoms with van der Waals surface area (Å²) in [6.45, 7) is 2.05. The van der Waals surface area contributed by atoms with E-state index < -0.39 is 0 Å². The summed E-state index contributed by atoms with van der Waals surface area (Å²) in [4.78, 5) is 19.7. The molecule has 0 unspecified atom stereocenters. The van der Waals surface area contributed by atoms with Gasteiger partial charge in [-0.3, -0.25) is 19.3 Å². The number of aryl methyl sites for hydroxylation is 2. The lowest BCUT2D eigenvalue weighted by Gasteiger charge is -2.12. The quantitative estimate of drug-likeness (QED) is 0.120. The number of aromatic hydroxyl groups is 1. The summed E-state index contributed by atoms with van der Waals surface area (Å²) in [5, 5.41) is 19.5. The standard InChI is InChI=1S/C23H24ClN5O2.C19H15ClN4O2/c1-28(2)9-10-30-17-5-4-6-18(12-17)31-15-22-19(14-29(3)27-22)16-11-21-20(25-13-16)7-8-23(24)26-21;1-24-10-15(12-7-17-16(21-9-12)5-6-19(20)22-17)18(23-24)11-26-14-4-2-3-13(25)8-14/h4-8,11-14H,9-10,15H2,1-3H3;2-10,25H,11H2,1H3. The van der Waals surface area contributed by atoms with Gasteiger partial charge in [-0.25, -0.2) is 9.97 Å². The number of rotatable bonds is 12. The Bertz CT molecular complexity index is 2650. The minimum Gasteiger partial charge on any atom is -0.508 e. The van der Waals surface area contributed by atoms with Crippen LogP contribution in [0.1, 0.15) is 11.4 Å². The molecule has 2 aromatic carbocycles. The molecule has 15 heteroatoms. The Morgan fingerprint density at radius 2 is 1.11 bits per heavy atom. The van der Waals surface area contributed by atoms with Crippen LogP contribution in [0.15, 0.2) is 110 Å². The molecule has 8 rings (SSSR count). The molecule has 1 N–H and O–H groups in total. The van der Waals surface area contributed by atoms with Crippen molar-refractivity contribution in [3.63, 3.8) is 0 Å². The molecule has 8 aromatic rings. The molecule has 0 radical (unpaired) electrons. The zero-order valence-corrected chi connectivity index (χ0v) is 33.2. The van der Waals surface area contributed by atoms with E-state index in [-0.39, 0.29) is 12.4 Å². The van der Waals surface area contributed by atoms with Gasteiger partial charge in [0.05, 0.1) is 22.1 Å². The molecule has 13 nitrogen and oxygen atoms in total. The van der Waals surface area contributed by atoms with E-state index in [1.165, 1.54) is 0 Å². The Balaban J connectivity index is 0.000000177. The smallest absolute Gasteiger partial charge is 0.133 e. The third-order valence-corrected chi connectivity index (χ3v) is 9.04. The lowest BCUT2D eigenvalue weighted by Crippen LogP contribution is -2.19. The van der Waals surface area contributed by atoms with Crippen molar-refractivity contribution in [3.05, 3.63) is 131 Å². The molecular weight excluding hydrogens is 765 g/mol. The number of phenolic OH excluding ortho intramolecular Hbond substituents is 1. The number of fused-ring (bicyclic) bond motifs is 2. The number of nitrogens with zero attached hydrogens (tertiary/aromatic N) is 9. The summed E-state index contributed by atoms with van der Waals surface area (Å²) >= 11 is 12.0. The fourth-order valence-corrected chi connectivity index (χ4v) is 6.21. The maximum absolute atomic E-state index is 9.54. The predicted octanol–water partition coefficient (Wildman–Crippen LogP) is 8.17. The average molecular weight is 805 g/mol. The van der Waals surface area contributed by atoms with Crippen LogP contribution >= 0.6 is 23.2 Å². The minimum absolute atomic E-state index is 0.158. The van der Waals surface area contributed by atoms with Crippen LogP contribution in [0, 0.1) is 0 Å². The van der Waals surface area contributed by atoms with E-state index in [9.17, 15) is 5.11 Å². The number of likely N-dealkylation sites (N-methyl/N-ethyl adjacent to an activating group) is 1. The Hall–Kier alpha value is -6.28. The first-order valence-corrected chi connectivity index (χ1v) is 18.6. The van der Waals surface area contributed by atoms with Crippen molar-refractivity contribution < 1.29 is 19.3 Å². The molecule has 0 saturated heterocycles. The van der Waals surface area contributed by atoms with Crippen molar-refractivity contribution in [1.82, 2.24) is 44.4 Å². The topological polar surface area (TPSA) is 138 Å². The first-order valence-electron chi connectivity index (χ1n) is 17.9. The van der Waals surface area contributed by atoms with Crippen LogP contribution in [0.25, 0.3) is 44.3 Å². The van der Waals surface area contributed by atoms with Gasteiger partial charge in [0.1, 0.15) is 64.5 Å². The molecular formula is C42H39Cl2N9O4. The highest BCUT2D eigenvalue weighted by atomic mass is 35.5. The molecule has 0 bridgehead atoms. The van der Waals surface area contributed by atoms with Crippen LogP contribution in [0.2, 0.25) is 10.3 Å². The number of benzene rings is 2. The maximum atomic E-state index is 9.54. The van der Waals surface area contributed by atoms with E-state index in [0.29, 0.717) is 29.3 Å². The number of aromatic nitrogens is 8. The summed E-state index contributed by atoms with van der Waals surface area (Å²) in [6, 6.07) is 25.4. The molecule has 0 saturated carbocycles. The first-order chi connectivity index (χ1) is 27.6. The normalized spacial score (nSPS) is 11.1. The molecule has 0 aliphatic rings. The molecule has 0 aliphatic carbocycles. The second kappa shape index (κ2) is 17.7. The molecule has 0 aliphatic heterocycles. The second-order valence-corrected chi connectivity index (χ2v) is 14.1. The lowest BCUT2D eigenvalue weighted by molar-refractivity contribution is 0.258. The Kier molecular flexibility index (Phi) is 12.1. The highest BCUT2D eigenvalue weighted by Gasteiger charge is 2.15. The van der Waals surface area contributed by atoms with Gasteiger partial charge in [-0.15, -0.1) is 0 Å². The number of hydrogen-bond acceptors (Lipinski definition) is 11. The van der Waals surface area contributed by atoms with Crippen molar-refractivity contribution in [2.45, 2.75) is 13.2 Å². The highest BCUT2D eigenvalue weighted by Crippen LogP contribution is 2.29. The summed E-state index contributed by atoms with van der Waals surface area (Å²) in [5.41, 5.74) is 8.25.